The molecule has 0 saturated carbocycles. The van der Waals surface area contributed by atoms with Crippen molar-refractivity contribution >= 4 is 71.6 Å². The molecule has 0 radical (unpaired) electrons. The summed E-state index contributed by atoms with van der Waals surface area (Å²) in [6.45, 7) is -6.90. The zero-order valence-corrected chi connectivity index (χ0v) is 38.0. The number of fused-ring (bicyclic) bond motifs is 2. The number of hydrogen-bond donors (Lipinski definition) is 9. The van der Waals surface area contributed by atoms with Crippen LogP contribution in [-0.4, -0.2) is 99.8 Å². The van der Waals surface area contributed by atoms with Crippen molar-refractivity contribution in [3.63, 3.8) is 0 Å². The molecule has 41 heavy (non-hydrogen) atoms. The predicted molar refractivity (Wildman–Crippen MR) is 90.3 cm³/mol. The van der Waals surface area contributed by atoms with Crippen molar-refractivity contribution in [2.75, 3.05) is 0 Å². The number of rotatable bonds is 4. The number of phosphoric acid groups is 3. The van der Waals surface area contributed by atoms with E-state index in [2.05, 4.69) is 31.5 Å². The Bertz CT molecular complexity index is 881. The van der Waals surface area contributed by atoms with Crippen LogP contribution in [0.3, 0.4) is 0 Å². The minimum Gasteiger partial charge on any atom is -0.759 e. The topological polar surface area (TPSA) is 441 Å². The van der Waals surface area contributed by atoms with Gasteiger partial charge in [0.25, 0.3) is 0 Å². The van der Waals surface area contributed by atoms with E-state index < -0.39 is 71.6 Å². The van der Waals surface area contributed by atoms with Crippen molar-refractivity contribution < 1.29 is 299 Å². The zero-order chi connectivity index (χ0) is 28.7. The Labute approximate surface area is 364 Å². The van der Waals surface area contributed by atoms with Crippen LogP contribution in [0.1, 0.15) is 0 Å². The van der Waals surface area contributed by atoms with E-state index in [1.807, 2.05) is 0 Å². The molecule has 2 saturated heterocycles. The van der Waals surface area contributed by atoms with Gasteiger partial charge in [0, 0.05) is 19.6 Å². The van der Waals surface area contributed by atoms with Crippen molar-refractivity contribution in [2.24, 2.45) is 0 Å². The molecule has 2 bridgehead atoms. The summed E-state index contributed by atoms with van der Waals surface area (Å²) in [5.41, 5.74) is 0. The first-order valence-electron chi connectivity index (χ1n) is 6.95. The van der Waals surface area contributed by atoms with Crippen LogP contribution in [0.5, 0.6) is 0 Å². The fraction of sp³-hybridized carbons (Fsp3) is 0. The Hall–Kier alpha value is 5.80. The smallest absolute Gasteiger partial charge is 0.759 e. The molecule has 2 fully saturated rings. The Morgan fingerprint density at radius 3 is 1.00 bits per heavy atom. The van der Waals surface area contributed by atoms with E-state index in [9.17, 15) is 23.7 Å². The third-order valence-corrected chi connectivity index (χ3v) is 5.27. The van der Waals surface area contributed by atoms with Gasteiger partial charge < -0.3 is 90.6 Å². The normalized spacial score (nSPS) is 21.0. The molecule has 26 nitrogen and oxygen atoms in total. The van der Waals surface area contributed by atoms with E-state index >= 15 is 0 Å². The average Bonchev–Trinajstić information content (AvgIpc) is 2.33. The third kappa shape index (κ3) is 45.8. The maximum Gasteiger partial charge on any atom is 1.00 e. The largest absolute Gasteiger partial charge is 1.00 e. The van der Waals surface area contributed by atoms with Gasteiger partial charge in [0.1, 0.15) is 0 Å². The second kappa shape index (κ2) is 27.5. The Morgan fingerprint density at radius 2 is 0.854 bits per heavy atom. The van der Waals surface area contributed by atoms with E-state index in [-0.39, 0.29) is 177 Å². The van der Waals surface area contributed by atoms with Gasteiger partial charge in [0.05, 0.1) is 0 Å². The van der Waals surface area contributed by atoms with Crippen LogP contribution >= 0.6 is 23.5 Å². The second-order valence-electron chi connectivity index (χ2n) is 4.78. The first-order valence-corrected chi connectivity index (χ1v) is 14.1. The van der Waals surface area contributed by atoms with Crippen molar-refractivity contribution in [2.45, 2.75) is 0 Å². The molecule has 2 aliphatic heterocycles. The summed E-state index contributed by atoms with van der Waals surface area (Å²) in [4.78, 5) is 57.2. The van der Waals surface area contributed by atoms with Gasteiger partial charge in [-0.3, -0.25) is 8.42 Å². The van der Waals surface area contributed by atoms with Crippen LogP contribution in [0.2, 0.25) is 0 Å². The molecular formula is H9B4Na6O26P3SSi. The van der Waals surface area contributed by atoms with Gasteiger partial charge in [-0.1, -0.05) is 0 Å². The molecule has 208 valence electrons. The summed E-state index contributed by atoms with van der Waals surface area (Å²) in [6.07, 6.45) is 0. The molecule has 2 heterocycles. The SMILES string of the molecule is O=P(O)(O)OP(=O)(O)OP(=O)(O)O.O=S(=O)([O-])[O-].O=[Si]([O-])[O-].OB1O[B-]2(O)OB(O)O[B-](O)(O1)O2.[Na+].[Na+].[Na+].[Na+].[Na+].[Na+]. The van der Waals surface area contributed by atoms with Crippen molar-refractivity contribution in [1.29, 1.82) is 0 Å². The van der Waals surface area contributed by atoms with Crippen LogP contribution in [0.4, 0.5) is 0 Å². The molecule has 0 amide bonds. The molecule has 0 aromatic heterocycles. The van der Waals surface area contributed by atoms with E-state index in [4.69, 9.17) is 66.1 Å². The second-order valence-corrected chi connectivity index (χ2v) is 10.3. The van der Waals surface area contributed by atoms with Gasteiger partial charge in [-0.15, -0.1) is 0 Å². The predicted octanol–water partition coefficient (Wildman–Crippen LogP) is -27.0. The molecule has 0 spiro atoms. The quantitative estimate of drug-likeness (QED) is 0.0556. The molecule has 0 unspecified atom stereocenters. The van der Waals surface area contributed by atoms with Crippen molar-refractivity contribution in [3.8, 4) is 0 Å². The zero-order valence-electron chi connectivity index (χ0n) is 21.5. The van der Waals surface area contributed by atoms with Crippen molar-refractivity contribution in [1.82, 2.24) is 0 Å². The van der Waals surface area contributed by atoms with E-state index in [1.54, 1.807) is 0 Å². The molecule has 2 aliphatic rings. The molecule has 9 N–H and O–H groups in total. The summed E-state index contributed by atoms with van der Waals surface area (Å²) >= 11 is 0. The molecule has 2 rings (SSSR count). The van der Waals surface area contributed by atoms with E-state index in [1.165, 1.54) is 0 Å². The van der Waals surface area contributed by atoms with Gasteiger partial charge in [-0.2, -0.15) is 8.62 Å². The molecule has 41 heteroatoms. The van der Waals surface area contributed by atoms with Crippen LogP contribution in [0.25, 0.3) is 0 Å². The maximum absolute atomic E-state index is 10.4. The number of hydrogen-bond acceptors (Lipinski definition) is 21. The molecule has 0 aromatic rings. The molecule has 0 aliphatic carbocycles. The van der Waals surface area contributed by atoms with Crippen LogP contribution < -0.4 is 187 Å². The van der Waals surface area contributed by atoms with Gasteiger partial charge in [-0.25, -0.2) is 13.7 Å². The van der Waals surface area contributed by atoms with Gasteiger partial charge in [0.15, 0.2) is 0 Å². The fourth-order valence-electron chi connectivity index (χ4n) is 1.35. The van der Waals surface area contributed by atoms with Crippen LogP contribution in [0, 0.1) is 0 Å². The first-order chi connectivity index (χ1) is 15.1. The standard InChI is InChI=1S/B4H4O9.6Na.H5O10P3.H2O4S.O3Si/c5-1-9-3(7)11-2(6)12-4(8,10-1)13-3;;;;;;;1-11(2,3)9-13(7,8)10-12(4,5)6;1-5(2,3)4;1-4(2)3/h5-8H;;;;;;;(H,7,8)(H2,1,2,3)(H2,4,5,6);(H2,1,2,3,4);/q-2;6*+1;;;-2/p-2. The average molecular weight is 759 g/mol. The monoisotopic (exact) mass is 760 g/mol. The van der Waals surface area contributed by atoms with Crippen molar-refractivity contribution in [3.05, 3.63) is 0 Å². The molecule has 0 aromatic carbocycles. The Morgan fingerprint density at radius 1 is 0.683 bits per heavy atom. The summed E-state index contributed by atoms with van der Waals surface area (Å²) in [6, 6.07) is 0. The first kappa shape index (κ1) is 65.2. The summed E-state index contributed by atoms with van der Waals surface area (Å²) in [5, 5.41) is 35.9. The van der Waals surface area contributed by atoms with E-state index in [0.717, 1.165) is 0 Å². The summed E-state index contributed by atoms with van der Waals surface area (Å²) < 4.78 is 100. The minimum absolute atomic E-state index is 0. The Balaban J connectivity index is -0.0000000616. The molecular weight excluding hydrogens is 750 g/mol. The third-order valence-electron chi connectivity index (χ3n) is 1.92. The Kier molecular flexibility index (Phi) is 43.8. The van der Waals surface area contributed by atoms with Crippen LogP contribution in [0.15, 0.2) is 0 Å². The molecule has 0 atom stereocenters. The minimum atomic E-state index is -5.46. The maximum atomic E-state index is 10.4. The van der Waals surface area contributed by atoms with E-state index in [0.29, 0.717) is 0 Å². The fourth-order valence-corrected chi connectivity index (χ4v) is 3.88. The summed E-state index contributed by atoms with van der Waals surface area (Å²) in [5.74, 6) is 0. The van der Waals surface area contributed by atoms with Crippen LogP contribution in [-0.2, 0) is 60.0 Å². The van der Waals surface area contributed by atoms with Gasteiger partial charge in [0.2, 0.25) is 0 Å². The summed E-state index contributed by atoms with van der Waals surface area (Å²) in [7, 11) is -28.9. The van der Waals surface area contributed by atoms with Gasteiger partial charge >= 0.3 is 229 Å². The van der Waals surface area contributed by atoms with Gasteiger partial charge in [-0.05, 0) is 0 Å².